The Morgan fingerprint density at radius 1 is 1.19 bits per heavy atom. The highest BCUT2D eigenvalue weighted by molar-refractivity contribution is 7.14. The molecule has 2 heterocycles. The Labute approximate surface area is 155 Å². The molecule has 0 aliphatic rings. The van der Waals surface area contributed by atoms with Crippen LogP contribution in [0.25, 0.3) is 0 Å². The van der Waals surface area contributed by atoms with Crippen molar-refractivity contribution in [3.8, 4) is 0 Å². The molecule has 7 heteroatoms. The lowest BCUT2D eigenvalue weighted by Crippen LogP contribution is -2.16. The molecule has 0 fully saturated rings. The van der Waals surface area contributed by atoms with Crippen LogP contribution in [-0.4, -0.2) is 16.8 Å². The predicted molar refractivity (Wildman–Crippen MR) is 102 cm³/mol. The molecule has 6 nitrogen and oxygen atoms in total. The van der Waals surface area contributed by atoms with Crippen molar-refractivity contribution in [3.05, 3.63) is 64.6 Å². The maximum Gasteiger partial charge on any atom is 0.260 e. The van der Waals surface area contributed by atoms with Gasteiger partial charge in [0, 0.05) is 11.1 Å². The molecule has 0 radical (unpaired) electrons. The molecule has 0 bridgehead atoms. The van der Waals surface area contributed by atoms with E-state index in [4.69, 9.17) is 4.42 Å². The Morgan fingerprint density at radius 2 is 2.00 bits per heavy atom. The second-order valence-electron chi connectivity index (χ2n) is 5.72. The first kappa shape index (κ1) is 17.9. The van der Waals surface area contributed by atoms with Crippen LogP contribution in [0, 0.1) is 6.92 Å². The SMILES string of the molecule is CCc1ccccc1NC(=O)Cc1csc(NC(=O)c2ccoc2C)n1. The molecule has 3 aromatic rings. The number of nitrogens with one attached hydrogen (secondary N) is 2. The van der Waals surface area contributed by atoms with E-state index in [9.17, 15) is 9.59 Å². The van der Waals surface area contributed by atoms with Gasteiger partial charge in [-0.15, -0.1) is 11.3 Å². The minimum absolute atomic E-state index is 0.139. The molecule has 0 unspecified atom stereocenters. The molecule has 0 aliphatic heterocycles. The van der Waals surface area contributed by atoms with Crippen LogP contribution in [0.2, 0.25) is 0 Å². The third-order valence-electron chi connectivity index (χ3n) is 3.89. The lowest BCUT2D eigenvalue weighted by molar-refractivity contribution is -0.115. The van der Waals surface area contributed by atoms with Gasteiger partial charge in [-0.2, -0.15) is 0 Å². The number of aryl methyl sites for hydroxylation is 2. The molecule has 0 spiro atoms. The first-order valence-electron chi connectivity index (χ1n) is 8.24. The summed E-state index contributed by atoms with van der Waals surface area (Å²) in [6.07, 6.45) is 2.46. The van der Waals surface area contributed by atoms with E-state index in [1.54, 1.807) is 18.4 Å². The molecule has 0 saturated carbocycles. The van der Waals surface area contributed by atoms with Gasteiger partial charge in [-0.3, -0.25) is 14.9 Å². The van der Waals surface area contributed by atoms with E-state index in [2.05, 4.69) is 15.6 Å². The van der Waals surface area contributed by atoms with Crippen molar-refractivity contribution in [3.63, 3.8) is 0 Å². The summed E-state index contributed by atoms with van der Waals surface area (Å²) in [5.74, 6) is 0.131. The number of para-hydroxylation sites is 1. The first-order valence-corrected chi connectivity index (χ1v) is 9.12. The van der Waals surface area contributed by atoms with Crippen LogP contribution in [0.3, 0.4) is 0 Å². The third kappa shape index (κ3) is 4.18. The molecular weight excluding hydrogens is 350 g/mol. The van der Waals surface area contributed by atoms with E-state index in [1.165, 1.54) is 17.6 Å². The topological polar surface area (TPSA) is 84.2 Å². The van der Waals surface area contributed by atoms with Gasteiger partial charge >= 0.3 is 0 Å². The number of hydrogen-bond donors (Lipinski definition) is 2. The summed E-state index contributed by atoms with van der Waals surface area (Å²) in [7, 11) is 0. The molecule has 134 valence electrons. The Balaban J connectivity index is 1.60. The lowest BCUT2D eigenvalue weighted by Gasteiger charge is -2.08. The number of carbonyl (C=O) groups excluding carboxylic acids is 2. The number of aromatic nitrogens is 1. The normalized spacial score (nSPS) is 10.5. The number of amides is 2. The molecule has 2 N–H and O–H groups in total. The highest BCUT2D eigenvalue weighted by atomic mass is 32.1. The summed E-state index contributed by atoms with van der Waals surface area (Å²) in [4.78, 5) is 28.7. The summed E-state index contributed by atoms with van der Waals surface area (Å²) in [5, 5.41) is 7.86. The first-order chi connectivity index (χ1) is 12.6. The minimum atomic E-state index is -0.279. The van der Waals surface area contributed by atoms with E-state index in [-0.39, 0.29) is 18.2 Å². The molecular formula is C19H19N3O3S. The maximum atomic E-state index is 12.3. The van der Waals surface area contributed by atoms with Crippen molar-refractivity contribution in [1.29, 1.82) is 0 Å². The van der Waals surface area contributed by atoms with Gasteiger partial charge in [0.2, 0.25) is 5.91 Å². The van der Waals surface area contributed by atoms with Crippen LogP contribution in [-0.2, 0) is 17.6 Å². The number of nitrogens with zero attached hydrogens (tertiary/aromatic N) is 1. The molecule has 2 amide bonds. The fraction of sp³-hybridized carbons (Fsp3) is 0.211. The van der Waals surface area contributed by atoms with Crippen molar-refractivity contribution < 1.29 is 14.0 Å². The molecule has 3 rings (SSSR count). The largest absolute Gasteiger partial charge is 0.469 e. The van der Waals surface area contributed by atoms with Crippen LogP contribution in [0.5, 0.6) is 0 Å². The van der Waals surface area contributed by atoms with Gasteiger partial charge in [-0.1, -0.05) is 25.1 Å². The van der Waals surface area contributed by atoms with Gasteiger partial charge in [0.15, 0.2) is 5.13 Å². The molecule has 26 heavy (non-hydrogen) atoms. The van der Waals surface area contributed by atoms with E-state index in [1.807, 2.05) is 31.2 Å². The number of carbonyl (C=O) groups is 2. The summed E-state index contributed by atoms with van der Waals surface area (Å²) >= 11 is 1.28. The smallest absolute Gasteiger partial charge is 0.260 e. The Morgan fingerprint density at radius 3 is 2.73 bits per heavy atom. The average Bonchev–Trinajstić information content (AvgIpc) is 3.24. The molecule has 0 aliphatic carbocycles. The quantitative estimate of drug-likeness (QED) is 0.687. The van der Waals surface area contributed by atoms with Crippen molar-refractivity contribution in [2.75, 3.05) is 10.6 Å². The van der Waals surface area contributed by atoms with E-state index in [0.717, 1.165) is 17.7 Å². The summed E-state index contributed by atoms with van der Waals surface area (Å²) in [6, 6.07) is 9.33. The number of benzene rings is 1. The van der Waals surface area contributed by atoms with Gasteiger partial charge in [-0.05, 0) is 31.0 Å². The number of hydrogen-bond acceptors (Lipinski definition) is 5. The molecule has 1 aromatic carbocycles. The fourth-order valence-corrected chi connectivity index (χ4v) is 3.25. The van der Waals surface area contributed by atoms with Gasteiger partial charge in [0.05, 0.1) is 23.9 Å². The zero-order chi connectivity index (χ0) is 18.5. The number of rotatable bonds is 6. The molecule has 0 atom stereocenters. The van der Waals surface area contributed by atoms with Crippen LogP contribution < -0.4 is 10.6 Å². The second kappa shape index (κ2) is 7.97. The Hall–Kier alpha value is -2.93. The Bertz CT molecular complexity index is 930. The maximum absolute atomic E-state index is 12.3. The summed E-state index contributed by atoms with van der Waals surface area (Å²) in [6.45, 7) is 3.77. The minimum Gasteiger partial charge on any atom is -0.469 e. The highest BCUT2D eigenvalue weighted by Crippen LogP contribution is 2.20. The standard InChI is InChI=1S/C19H19N3O3S/c1-3-13-6-4-5-7-16(13)21-17(23)10-14-11-26-19(20-14)22-18(24)15-8-9-25-12(15)2/h4-9,11H,3,10H2,1-2H3,(H,21,23)(H,20,22,24). The van der Waals surface area contributed by atoms with Crippen molar-refractivity contribution in [2.24, 2.45) is 0 Å². The second-order valence-corrected chi connectivity index (χ2v) is 6.58. The zero-order valence-corrected chi connectivity index (χ0v) is 15.4. The van der Waals surface area contributed by atoms with Gasteiger partial charge in [-0.25, -0.2) is 4.98 Å². The van der Waals surface area contributed by atoms with Gasteiger partial charge < -0.3 is 9.73 Å². The van der Waals surface area contributed by atoms with Crippen LogP contribution >= 0.6 is 11.3 Å². The van der Waals surface area contributed by atoms with Crippen LogP contribution in [0.1, 0.15) is 34.3 Å². The molecule has 0 saturated heterocycles. The summed E-state index contributed by atoms with van der Waals surface area (Å²) < 4.78 is 5.13. The van der Waals surface area contributed by atoms with Gasteiger partial charge in [0.1, 0.15) is 5.76 Å². The monoisotopic (exact) mass is 369 g/mol. The highest BCUT2D eigenvalue weighted by Gasteiger charge is 2.14. The number of furan rings is 1. The fourth-order valence-electron chi connectivity index (χ4n) is 2.54. The summed E-state index contributed by atoms with van der Waals surface area (Å²) in [5.41, 5.74) is 2.98. The van der Waals surface area contributed by atoms with E-state index < -0.39 is 0 Å². The van der Waals surface area contributed by atoms with Crippen LogP contribution in [0.4, 0.5) is 10.8 Å². The lowest BCUT2D eigenvalue weighted by atomic mass is 10.1. The van der Waals surface area contributed by atoms with Crippen molar-refractivity contribution >= 4 is 34.0 Å². The third-order valence-corrected chi connectivity index (χ3v) is 4.70. The number of thiazole rings is 1. The Kier molecular flexibility index (Phi) is 5.48. The van der Waals surface area contributed by atoms with E-state index in [0.29, 0.717) is 22.1 Å². The van der Waals surface area contributed by atoms with Crippen molar-refractivity contribution in [2.45, 2.75) is 26.7 Å². The van der Waals surface area contributed by atoms with Crippen molar-refractivity contribution in [1.82, 2.24) is 4.98 Å². The number of anilines is 2. The molecule has 2 aromatic heterocycles. The predicted octanol–water partition coefficient (Wildman–Crippen LogP) is 4.04. The van der Waals surface area contributed by atoms with Gasteiger partial charge in [0.25, 0.3) is 5.91 Å². The van der Waals surface area contributed by atoms with E-state index >= 15 is 0 Å². The van der Waals surface area contributed by atoms with Crippen LogP contribution in [0.15, 0.2) is 46.4 Å². The zero-order valence-electron chi connectivity index (χ0n) is 14.5. The average molecular weight is 369 g/mol.